The number of rotatable bonds is 3. The molecular formula is C7H7N5O. The molecule has 13 heavy (non-hydrogen) atoms. The maximum absolute atomic E-state index is 11.0. The molecule has 0 fully saturated rings. The van der Waals surface area contributed by atoms with Crippen molar-refractivity contribution in [2.24, 2.45) is 5.11 Å². The molecule has 66 valence electrons. The molecule has 0 unspecified atom stereocenters. The summed E-state index contributed by atoms with van der Waals surface area (Å²) in [5, 5.41) is 3.28. The Balaban J connectivity index is 2.74. The fourth-order valence-corrected chi connectivity index (χ4v) is 0.737. The first-order valence-corrected chi connectivity index (χ1v) is 3.54. The second kappa shape index (κ2) is 4.74. The number of H-pyrrole nitrogens is 1. The Morgan fingerprint density at radius 1 is 1.77 bits per heavy atom. The zero-order chi connectivity index (χ0) is 9.52. The van der Waals surface area contributed by atoms with Crippen molar-refractivity contribution in [1.82, 2.24) is 9.97 Å². The predicted molar refractivity (Wildman–Crippen MR) is 47.9 cm³/mol. The number of azide groups is 1. The quantitative estimate of drug-likeness (QED) is 0.425. The molecule has 0 radical (unpaired) electrons. The standard InChI is InChI=1S/C7H7N5O/c8-12-11-3-1-2-6-4-9-5-10-7(6)13/h1-2,4-5H,3H2,(H,9,10,13). The fourth-order valence-electron chi connectivity index (χ4n) is 0.737. The van der Waals surface area contributed by atoms with Gasteiger partial charge in [-0.3, -0.25) is 4.79 Å². The molecule has 1 heterocycles. The Hall–Kier alpha value is -2.07. The van der Waals surface area contributed by atoms with E-state index in [0.29, 0.717) is 5.56 Å². The summed E-state index contributed by atoms with van der Waals surface area (Å²) in [7, 11) is 0. The van der Waals surface area contributed by atoms with Gasteiger partial charge in [-0.25, -0.2) is 4.98 Å². The molecule has 0 saturated carbocycles. The highest BCUT2D eigenvalue weighted by atomic mass is 16.1. The lowest BCUT2D eigenvalue weighted by Crippen LogP contribution is -2.08. The molecule has 0 aliphatic carbocycles. The van der Waals surface area contributed by atoms with Crippen LogP contribution in [0.1, 0.15) is 5.56 Å². The highest BCUT2D eigenvalue weighted by molar-refractivity contribution is 5.46. The SMILES string of the molecule is [N-]=[N+]=NCC=Cc1cnc[nH]c1=O. The van der Waals surface area contributed by atoms with Gasteiger partial charge in [-0.05, 0) is 5.53 Å². The molecule has 0 aliphatic heterocycles. The molecule has 0 spiro atoms. The molecule has 1 aromatic rings. The molecule has 0 bridgehead atoms. The second-order valence-electron chi connectivity index (χ2n) is 2.15. The smallest absolute Gasteiger partial charge is 0.257 e. The van der Waals surface area contributed by atoms with E-state index in [1.807, 2.05) is 0 Å². The van der Waals surface area contributed by atoms with Crippen molar-refractivity contribution < 1.29 is 0 Å². The maximum Gasteiger partial charge on any atom is 0.257 e. The highest BCUT2D eigenvalue weighted by Crippen LogP contribution is 1.90. The van der Waals surface area contributed by atoms with Gasteiger partial charge in [0.2, 0.25) is 0 Å². The topological polar surface area (TPSA) is 94.5 Å². The van der Waals surface area contributed by atoms with Crippen molar-refractivity contribution in [2.75, 3.05) is 6.54 Å². The monoisotopic (exact) mass is 177 g/mol. The zero-order valence-electron chi connectivity index (χ0n) is 6.71. The van der Waals surface area contributed by atoms with Crippen LogP contribution >= 0.6 is 0 Å². The van der Waals surface area contributed by atoms with Gasteiger partial charge in [-0.1, -0.05) is 17.3 Å². The highest BCUT2D eigenvalue weighted by Gasteiger charge is 1.90. The summed E-state index contributed by atoms with van der Waals surface area (Å²) in [6, 6.07) is 0. The van der Waals surface area contributed by atoms with Gasteiger partial charge in [0.25, 0.3) is 5.56 Å². The number of nitrogens with zero attached hydrogens (tertiary/aromatic N) is 4. The van der Waals surface area contributed by atoms with Crippen LogP contribution in [0.5, 0.6) is 0 Å². The van der Waals surface area contributed by atoms with Crippen molar-refractivity contribution in [1.29, 1.82) is 0 Å². The summed E-state index contributed by atoms with van der Waals surface area (Å²) in [5.74, 6) is 0. The average Bonchev–Trinajstić information content (AvgIpc) is 2.15. The molecule has 6 nitrogen and oxygen atoms in total. The van der Waals surface area contributed by atoms with Crippen molar-refractivity contribution in [3.05, 3.63) is 45.0 Å². The van der Waals surface area contributed by atoms with Crippen LogP contribution in [0, 0.1) is 0 Å². The molecule has 1 N–H and O–H groups in total. The molecule has 0 saturated heterocycles. The van der Waals surface area contributed by atoms with Crippen molar-refractivity contribution in [2.45, 2.75) is 0 Å². The van der Waals surface area contributed by atoms with E-state index in [-0.39, 0.29) is 12.1 Å². The first-order valence-electron chi connectivity index (χ1n) is 3.54. The Morgan fingerprint density at radius 3 is 3.31 bits per heavy atom. The largest absolute Gasteiger partial charge is 0.313 e. The summed E-state index contributed by atoms with van der Waals surface area (Å²) < 4.78 is 0. The molecule has 0 atom stereocenters. The summed E-state index contributed by atoms with van der Waals surface area (Å²) in [4.78, 5) is 19.7. The molecule has 0 aromatic carbocycles. The van der Waals surface area contributed by atoms with E-state index >= 15 is 0 Å². The number of hydrogen-bond donors (Lipinski definition) is 1. The summed E-state index contributed by atoms with van der Waals surface area (Å²) in [6.07, 6.45) is 5.89. The van der Waals surface area contributed by atoms with Crippen LogP contribution in [0.2, 0.25) is 0 Å². The Labute approximate surface area is 73.6 Å². The summed E-state index contributed by atoms with van der Waals surface area (Å²) in [5.41, 5.74) is 8.19. The van der Waals surface area contributed by atoms with Gasteiger partial charge in [0.15, 0.2) is 0 Å². The lowest BCUT2D eigenvalue weighted by Gasteiger charge is -1.87. The molecular weight excluding hydrogens is 170 g/mol. The minimum atomic E-state index is -0.216. The van der Waals surface area contributed by atoms with Crippen LogP contribution in [0.3, 0.4) is 0 Å². The van der Waals surface area contributed by atoms with Crippen LogP contribution in [-0.4, -0.2) is 16.5 Å². The van der Waals surface area contributed by atoms with E-state index in [2.05, 4.69) is 20.0 Å². The minimum absolute atomic E-state index is 0.216. The van der Waals surface area contributed by atoms with Crippen LogP contribution in [0.4, 0.5) is 0 Å². The average molecular weight is 177 g/mol. The number of aromatic amines is 1. The minimum Gasteiger partial charge on any atom is -0.313 e. The van der Waals surface area contributed by atoms with Crippen LogP contribution in [-0.2, 0) is 0 Å². The molecule has 1 rings (SSSR count). The van der Waals surface area contributed by atoms with Gasteiger partial charge >= 0.3 is 0 Å². The van der Waals surface area contributed by atoms with Gasteiger partial charge in [0.1, 0.15) is 0 Å². The fraction of sp³-hybridized carbons (Fsp3) is 0.143. The Bertz CT molecular complexity index is 401. The van der Waals surface area contributed by atoms with E-state index in [1.54, 1.807) is 12.2 Å². The van der Waals surface area contributed by atoms with Crippen molar-refractivity contribution in [3.63, 3.8) is 0 Å². The lowest BCUT2D eigenvalue weighted by atomic mass is 10.3. The van der Waals surface area contributed by atoms with E-state index in [4.69, 9.17) is 5.53 Å². The second-order valence-corrected chi connectivity index (χ2v) is 2.15. The molecule has 1 aromatic heterocycles. The third-order valence-corrected chi connectivity index (χ3v) is 1.29. The third kappa shape index (κ3) is 2.80. The van der Waals surface area contributed by atoms with E-state index in [9.17, 15) is 4.79 Å². The third-order valence-electron chi connectivity index (χ3n) is 1.29. The van der Waals surface area contributed by atoms with Gasteiger partial charge in [-0.2, -0.15) is 0 Å². The van der Waals surface area contributed by atoms with Crippen LogP contribution < -0.4 is 5.56 Å². The molecule has 6 heteroatoms. The van der Waals surface area contributed by atoms with Gasteiger partial charge in [0, 0.05) is 17.7 Å². The number of hydrogen-bond acceptors (Lipinski definition) is 3. The Morgan fingerprint density at radius 2 is 2.62 bits per heavy atom. The van der Waals surface area contributed by atoms with Crippen LogP contribution in [0.25, 0.3) is 16.5 Å². The van der Waals surface area contributed by atoms with E-state index in [0.717, 1.165) is 0 Å². The lowest BCUT2D eigenvalue weighted by molar-refractivity contribution is 1.11. The Kier molecular flexibility index (Phi) is 3.29. The van der Waals surface area contributed by atoms with Crippen molar-refractivity contribution >= 4 is 6.08 Å². The van der Waals surface area contributed by atoms with E-state index < -0.39 is 0 Å². The van der Waals surface area contributed by atoms with Gasteiger partial charge in [0.05, 0.1) is 11.9 Å². The number of nitrogens with one attached hydrogen (secondary N) is 1. The van der Waals surface area contributed by atoms with E-state index in [1.165, 1.54) is 12.5 Å². The van der Waals surface area contributed by atoms with Gasteiger partial charge in [-0.15, -0.1) is 0 Å². The zero-order valence-corrected chi connectivity index (χ0v) is 6.71. The van der Waals surface area contributed by atoms with Gasteiger partial charge < -0.3 is 4.98 Å². The van der Waals surface area contributed by atoms with Crippen molar-refractivity contribution in [3.8, 4) is 0 Å². The molecule has 0 amide bonds. The molecule has 0 aliphatic rings. The maximum atomic E-state index is 11.0. The summed E-state index contributed by atoms with van der Waals surface area (Å²) >= 11 is 0. The van der Waals surface area contributed by atoms with Crippen LogP contribution in [0.15, 0.2) is 28.5 Å². The first-order chi connectivity index (χ1) is 6.34. The predicted octanol–water partition coefficient (Wildman–Crippen LogP) is 1.09. The number of aromatic nitrogens is 2. The first kappa shape index (κ1) is 9.02. The summed E-state index contributed by atoms with van der Waals surface area (Å²) in [6.45, 7) is 0.227. The normalized spacial score (nSPS) is 9.85.